The van der Waals surface area contributed by atoms with Crippen molar-refractivity contribution in [3.05, 3.63) is 36.1 Å². The first-order chi connectivity index (χ1) is 12.2. The van der Waals surface area contributed by atoms with Crippen molar-refractivity contribution >= 4 is 5.78 Å². The average molecular weight is 357 g/mol. The van der Waals surface area contributed by atoms with Crippen molar-refractivity contribution in [1.29, 1.82) is 0 Å². The number of carbonyl (C=O) groups is 1. The summed E-state index contributed by atoms with van der Waals surface area (Å²) in [5.74, 6) is 1.80. The van der Waals surface area contributed by atoms with Gasteiger partial charge in [0.25, 0.3) is 0 Å². The Kier molecular flexibility index (Phi) is 3.87. The number of fused-ring (bicyclic) bond motifs is 5. The molecule has 3 fully saturated rings. The fourth-order valence-electron chi connectivity index (χ4n) is 7.19. The van der Waals surface area contributed by atoms with Gasteiger partial charge in [-0.25, -0.2) is 0 Å². The molecule has 3 saturated carbocycles. The van der Waals surface area contributed by atoms with Gasteiger partial charge in [0.15, 0.2) is 5.78 Å². The van der Waals surface area contributed by atoms with Crippen LogP contribution in [-0.2, 0) is 4.79 Å². The van der Waals surface area contributed by atoms with Crippen molar-refractivity contribution in [2.24, 2.45) is 34.5 Å². The minimum Gasteiger partial charge on any atom is -0.515 e. The highest BCUT2D eigenvalue weighted by atomic mass is 16.3. The third-order valence-corrected chi connectivity index (χ3v) is 9.03. The Bertz CT molecular complexity index is 715. The molecule has 4 rings (SSSR count). The van der Waals surface area contributed by atoms with Crippen LogP contribution in [-0.4, -0.2) is 21.6 Å². The van der Waals surface area contributed by atoms with Crippen molar-refractivity contribution in [3.8, 4) is 0 Å². The molecule has 2 N–H and O–H groups in total. The van der Waals surface area contributed by atoms with Crippen LogP contribution in [0.5, 0.6) is 0 Å². The van der Waals surface area contributed by atoms with Crippen LogP contribution in [0.15, 0.2) is 36.1 Å². The van der Waals surface area contributed by atoms with Crippen molar-refractivity contribution in [3.63, 3.8) is 0 Å². The lowest BCUT2D eigenvalue weighted by atomic mass is 9.44. The molecule has 142 valence electrons. The van der Waals surface area contributed by atoms with E-state index in [0.29, 0.717) is 35.7 Å². The van der Waals surface area contributed by atoms with Crippen LogP contribution in [0, 0.1) is 34.5 Å². The number of rotatable bonds is 1. The number of hydrogen-bond acceptors (Lipinski definition) is 3. The van der Waals surface area contributed by atoms with Crippen LogP contribution >= 0.6 is 0 Å². The SMILES string of the molecule is C=C[C@@H]1CC2=CC(=O)C(=CO)C[C@]2(C)[C@H]2CC[C@@]3(C)[C@@H](CC[C@]3(C)O)[C@H]12. The third-order valence-electron chi connectivity index (χ3n) is 9.03. The van der Waals surface area contributed by atoms with Gasteiger partial charge in [0.2, 0.25) is 0 Å². The summed E-state index contributed by atoms with van der Waals surface area (Å²) in [6.45, 7) is 10.7. The summed E-state index contributed by atoms with van der Waals surface area (Å²) >= 11 is 0. The van der Waals surface area contributed by atoms with Gasteiger partial charge in [0.05, 0.1) is 11.9 Å². The predicted octanol–water partition coefficient (Wildman–Crippen LogP) is 4.73. The summed E-state index contributed by atoms with van der Waals surface area (Å²) in [5.41, 5.74) is 1.09. The van der Waals surface area contributed by atoms with Gasteiger partial charge in [-0.05, 0) is 86.0 Å². The Labute approximate surface area is 156 Å². The van der Waals surface area contributed by atoms with E-state index in [9.17, 15) is 15.0 Å². The van der Waals surface area contributed by atoms with Gasteiger partial charge in [-0.3, -0.25) is 4.79 Å². The highest BCUT2D eigenvalue weighted by molar-refractivity contribution is 6.05. The third kappa shape index (κ3) is 2.13. The van der Waals surface area contributed by atoms with Gasteiger partial charge in [-0.1, -0.05) is 25.5 Å². The number of carbonyl (C=O) groups excluding carboxylic acids is 1. The van der Waals surface area contributed by atoms with E-state index in [2.05, 4.69) is 26.5 Å². The molecule has 4 aliphatic carbocycles. The quantitative estimate of drug-likeness (QED) is 0.405. The normalized spacial score (nSPS) is 52.1. The maximum absolute atomic E-state index is 12.3. The van der Waals surface area contributed by atoms with E-state index in [1.54, 1.807) is 6.08 Å². The molecule has 0 radical (unpaired) electrons. The second-order valence-electron chi connectivity index (χ2n) is 9.95. The van der Waals surface area contributed by atoms with Gasteiger partial charge in [-0.15, -0.1) is 6.58 Å². The fraction of sp³-hybridized carbons (Fsp3) is 0.696. The van der Waals surface area contributed by atoms with Gasteiger partial charge in [0, 0.05) is 5.57 Å². The maximum atomic E-state index is 12.3. The standard InChI is InChI=1S/C23H32O3/c1-5-14-10-16-11-19(25)15(13-24)12-21(16,2)17-6-8-22(3)18(20(14)17)7-9-23(22,4)26/h5,11,13-14,17-18,20,24,26H,1,6-10,12H2,2-4H3/t14-,17+,18+,20-,21+,22+,23+/m1/s1. The largest absolute Gasteiger partial charge is 0.515 e. The molecule has 0 spiro atoms. The summed E-state index contributed by atoms with van der Waals surface area (Å²) in [6.07, 6.45) is 10.5. The molecule has 0 aromatic heterocycles. The van der Waals surface area contributed by atoms with Crippen molar-refractivity contribution < 1.29 is 15.0 Å². The Morgan fingerprint density at radius 3 is 2.54 bits per heavy atom. The van der Waals surface area contributed by atoms with E-state index in [1.807, 2.05) is 6.92 Å². The molecule has 0 aliphatic heterocycles. The molecule has 0 aromatic rings. The Morgan fingerprint density at radius 2 is 1.88 bits per heavy atom. The second-order valence-corrected chi connectivity index (χ2v) is 9.95. The molecular weight excluding hydrogens is 324 g/mol. The van der Waals surface area contributed by atoms with Crippen LogP contribution in [0.25, 0.3) is 0 Å². The first kappa shape index (κ1) is 18.0. The van der Waals surface area contributed by atoms with E-state index >= 15 is 0 Å². The van der Waals surface area contributed by atoms with Gasteiger partial charge in [0.1, 0.15) is 0 Å². The molecule has 0 bridgehead atoms. The van der Waals surface area contributed by atoms with E-state index in [4.69, 9.17) is 0 Å². The summed E-state index contributed by atoms with van der Waals surface area (Å²) in [6, 6.07) is 0. The maximum Gasteiger partial charge on any atom is 0.184 e. The van der Waals surface area contributed by atoms with Gasteiger partial charge < -0.3 is 10.2 Å². The smallest absolute Gasteiger partial charge is 0.184 e. The van der Waals surface area contributed by atoms with E-state index < -0.39 is 5.60 Å². The van der Waals surface area contributed by atoms with Crippen LogP contribution in [0.1, 0.15) is 59.3 Å². The predicted molar refractivity (Wildman–Crippen MR) is 102 cm³/mol. The van der Waals surface area contributed by atoms with E-state index in [-0.39, 0.29) is 16.6 Å². The van der Waals surface area contributed by atoms with Crippen LogP contribution in [0.2, 0.25) is 0 Å². The van der Waals surface area contributed by atoms with Gasteiger partial charge in [-0.2, -0.15) is 0 Å². The molecule has 4 aliphatic rings. The van der Waals surface area contributed by atoms with E-state index in [0.717, 1.165) is 38.4 Å². The van der Waals surface area contributed by atoms with E-state index in [1.165, 1.54) is 5.57 Å². The number of hydrogen-bond donors (Lipinski definition) is 2. The summed E-state index contributed by atoms with van der Waals surface area (Å²) < 4.78 is 0. The first-order valence-electron chi connectivity index (χ1n) is 10.1. The first-order valence-corrected chi connectivity index (χ1v) is 10.1. The Balaban J connectivity index is 1.80. The molecule has 3 heteroatoms. The zero-order valence-electron chi connectivity index (χ0n) is 16.3. The Hall–Kier alpha value is -1.35. The molecular formula is C23H32O3. The Morgan fingerprint density at radius 1 is 1.19 bits per heavy atom. The number of aliphatic hydroxyl groups is 2. The molecule has 3 nitrogen and oxygen atoms in total. The van der Waals surface area contributed by atoms with Crippen molar-refractivity contribution in [2.75, 3.05) is 0 Å². The molecule has 0 unspecified atom stereocenters. The van der Waals surface area contributed by atoms with Gasteiger partial charge >= 0.3 is 0 Å². The highest BCUT2D eigenvalue weighted by Crippen LogP contribution is 2.68. The minimum absolute atomic E-state index is 0.0346. The zero-order chi connectivity index (χ0) is 18.9. The summed E-state index contributed by atoms with van der Waals surface area (Å²) in [4.78, 5) is 12.3. The van der Waals surface area contributed by atoms with Crippen LogP contribution in [0.4, 0.5) is 0 Å². The van der Waals surface area contributed by atoms with Crippen LogP contribution in [0.3, 0.4) is 0 Å². The molecule has 0 saturated heterocycles. The second kappa shape index (κ2) is 5.58. The molecule has 26 heavy (non-hydrogen) atoms. The minimum atomic E-state index is -0.593. The highest BCUT2D eigenvalue weighted by Gasteiger charge is 2.64. The summed E-state index contributed by atoms with van der Waals surface area (Å²) in [5, 5.41) is 20.6. The monoisotopic (exact) mass is 356 g/mol. The topological polar surface area (TPSA) is 57.5 Å². The number of ketones is 1. The van der Waals surface area contributed by atoms with Crippen molar-refractivity contribution in [1.82, 2.24) is 0 Å². The zero-order valence-corrected chi connectivity index (χ0v) is 16.3. The van der Waals surface area contributed by atoms with Crippen LogP contribution < -0.4 is 0 Å². The number of aliphatic hydroxyl groups excluding tert-OH is 1. The molecule has 7 atom stereocenters. The summed E-state index contributed by atoms with van der Waals surface area (Å²) in [7, 11) is 0. The lowest BCUT2D eigenvalue weighted by Gasteiger charge is -2.60. The fourth-order valence-corrected chi connectivity index (χ4v) is 7.19. The molecule has 0 amide bonds. The molecule has 0 aromatic carbocycles. The lowest BCUT2D eigenvalue weighted by Crippen LogP contribution is -2.56. The lowest BCUT2D eigenvalue weighted by molar-refractivity contribution is -0.127. The molecule has 0 heterocycles. The number of allylic oxidation sites excluding steroid dienone is 3. The van der Waals surface area contributed by atoms with Crippen molar-refractivity contribution in [2.45, 2.75) is 64.9 Å². The average Bonchev–Trinajstić information content (AvgIpc) is 2.84.